The van der Waals surface area contributed by atoms with Crippen molar-refractivity contribution >= 4 is 5.82 Å². The van der Waals surface area contributed by atoms with Crippen molar-refractivity contribution in [3.8, 4) is 0 Å². The summed E-state index contributed by atoms with van der Waals surface area (Å²) in [4.78, 5) is 4.19. The highest BCUT2D eigenvalue weighted by molar-refractivity contribution is 5.47. The van der Waals surface area contributed by atoms with Crippen LogP contribution < -0.4 is 10.6 Å². The molecule has 19 heavy (non-hydrogen) atoms. The van der Waals surface area contributed by atoms with Crippen LogP contribution in [-0.4, -0.2) is 30.8 Å². The molecule has 0 radical (unpaired) electrons. The number of aromatic nitrogens is 1. The molecule has 1 aliphatic carbocycles. The standard InChI is InChI=1S/C13H16F3N3/c14-13(15,16)12(3-4-12)8-19-11-10(2-1-5-18-11)9-6-17-7-9/h1-2,5,9,17H,3-4,6-8H2,(H,18,19). The molecule has 0 spiro atoms. The Morgan fingerprint density at radius 3 is 2.63 bits per heavy atom. The number of hydrogen-bond donors (Lipinski definition) is 2. The Morgan fingerprint density at radius 2 is 2.11 bits per heavy atom. The highest BCUT2D eigenvalue weighted by Crippen LogP contribution is 2.57. The van der Waals surface area contributed by atoms with Gasteiger partial charge < -0.3 is 10.6 Å². The van der Waals surface area contributed by atoms with Gasteiger partial charge in [0.25, 0.3) is 0 Å². The summed E-state index contributed by atoms with van der Waals surface area (Å²) in [6.07, 6.45) is -2.06. The molecular formula is C13H16F3N3. The third-order valence-corrected chi connectivity index (χ3v) is 4.11. The van der Waals surface area contributed by atoms with Crippen LogP contribution in [0.25, 0.3) is 0 Å². The third kappa shape index (κ3) is 2.29. The molecule has 1 aromatic heterocycles. The van der Waals surface area contributed by atoms with E-state index in [1.807, 2.05) is 12.1 Å². The lowest BCUT2D eigenvalue weighted by molar-refractivity contribution is -0.182. The van der Waals surface area contributed by atoms with Crippen LogP contribution in [0.3, 0.4) is 0 Å². The molecule has 3 nitrogen and oxygen atoms in total. The molecule has 1 saturated carbocycles. The first kappa shape index (κ1) is 12.7. The summed E-state index contributed by atoms with van der Waals surface area (Å²) in [5, 5.41) is 6.07. The number of rotatable bonds is 4. The molecule has 1 saturated heterocycles. The average molecular weight is 271 g/mol. The van der Waals surface area contributed by atoms with Gasteiger partial charge in [-0.05, 0) is 18.9 Å². The van der Waals surface area contributed by atoms with E-state index in [4.69, 9.17) is 0 Å². The summed E-state index contributed by atoms with van der Waals surface area (Å²) >= 11 is 0. The van der Waals surface area contributed by atoms with Gasteiger partial charge in [0.05, 0.1) is 5.41 Å². The SMILES string of the molecule is FC(F)(F)C1(CNc2ncccc2C2CNC2)CC1. The summed E-state index contributed by atoms with van der Waals surface area (Å²) < 4.78 is 38.6. The van der Waals surface area contributed by atoms with Crippen molar-refractivity contribution in [1.82, 2.24) is 10.3 Å². The van der Waals surface area contributed by atoms with Crippen LogP contribution in [0.5, 0.6) is 0 Å². The van der Waals surface area contributed by atoms with E-state index in [9.17, 15) is 13.2 Å². The second-order valence-corrected chi connectivity index (χ2v) is 5.43. The molecule has 0 amide bonds. The van der Waals surface area contributed by atoms with E-state index in [1.165, 1.54) is 0 Å². The normalized spacial score (nSPS) is 21.8. The fraction of sp³-hybridized carbons (Fsp3) is 0.615. The van der Waals surface area contributed by atoms with Gasteiger partial charge in [-0.15, -0.1) is 0 Å². The minimum Gasteiger partial charge on any atom is -0.369 e. The Kier molecular flexibility index (Phi) is 2.92. The van der Waals surface area contributed by atoms with Crippen molar-refractivity contribution in [3.05, 3.63) is 23.9 Å². The Morgan fingerprint density at radius 1 is 1.37 bits per heavy atom. The van der Waals surface area contributed by atoms with E-state index >= 15 is 0 Å². The number of nitrogens with zero attached hydrogens (tertiary/aromatic N) is 1. The van der Waals surface area contributed by atoms with Crippen LogP contribution in [0.1, 0.15) is 24.3 Å². The largest absolute Gasteiger partial charge is 0.396 e. The summed E-state index contributed by atoms with van der Waals surface area (Å²) in [7, 11) is 0. The molecule has 0 bridgehead atoms. The van der Waals surface area contributed by atoms with E-state index in [0.717, 1.165) is 18.7 Å². The lowest BCUT2D eigenvalue weighted by Gasteiger charge is -2.29. The smallest absolute Gasteiger partial charge is 0.369 e. The minimum atomic E-state index is -4.12. The molecule has 2 heterocycles. The zero-order valence-corrected chi connectivity index (χ0v) is 10.4. The van der Waals surface area contributed by atoms with E-state index < -0.39 is 11.6 Å². The van der Waals surface area contributed by atoms with Gasteiger partial charge in [-0.1, -0.05) is 6.07 Å². The average Bonchev–Trinajstić information content (AvgIpc) is 3.06. The monoisotopic (exact) mass is 271 g/mol. The van der Waals surface area contributed by atoms with Crippen molar-refractivity contribution < 1.29 is 13.2 Å². The van der Waals surface area contributed by atoms with E-state index in [0.29, 0.717) is 11.7 Å². The second-order valence-electron chi connectivity index (χ2n) is 5.43. The van der Waals surface area contributed by atoms with E-state index in [1.54, 1.807) is 6.20 Å². The zero-order valence-electron chi connectivity index (χ0n) is 10.4. The number of nitrogens with one attached hydrogen (secondary N) is 2. The Balaban J connectivity index is 1.70. The number of halogens is 3. The highest BCUT2D eigenvalue weighted by Gasteiger charge is 2.62. The molecule has 2 N–H and O–H groups in total. The first-order valence-corrected chi connectivity index (χ1v) is 6.48. The molecule has 1 aliphatic heterocycles. The summed E-state index contributed by atoms with van der Waals surface area (Å²) in [6.45, 7) is 1.66. The Bertz CT molecular complexity index is 464. The van der Waals surface area contributed by atoms with Gasteiger partial charge in [-0.3, -0.25) is 0 Å². The van der Waals surface area contributed by atoms with Gasteiger partial charge in [0, 0.05) is 37.3 Å². The van der Waals surface area contributed by atoms with Crippen LogP contribution in [0.2, 0.25) is 0 Å². The number of anilines is 1. The molecule has 6 heteroatoms. The molecule has 0 atom stereocenters. The molecule has 3 rings (SSSR count). The van der Waals surface area contributed by atoms with E-state index in [-0.39, 0.29) is 19.4 Å². The van der Waals surface area contributed by atoms with Gasteiger partial charge >= 0.3 is 6.18 Å². The lowest BCUT2D eigenvalue weighted by Crippen LogP contribution is -2.40. The maximum Gasteiger partial charge on any atom is 0.396 e. The van der Waals surface area contributed by atoms with Crippen LogP contribution in [0.15, 0.2) is 18.3 Å². The summed E-state index contributed by atoms with van der Waals surface area (Å²) in [5.74, 6) is 0.960. The number of hydrogen-bond acceptors (Lipinski definition) is 3. The predicted octanol–water partition coefficient (Wildman–Crippen LogP) is 2.52. The van der Waals surface area contributed by atoms with Crippen molar-refractivity contribution in [1.29, 1.82) is 0 Å². The summed E-state index contributed by atoms with van der Waals surface area (Å²) in [6, 6.07) is 3.77. The van der Waals surface area contributed by atoms with Gasteiger partial charge in [0.2, 0.25) is 0 Å². The maximum absolute atomic E-state index is 12.9. The molecule has 104 valence electrons. The van der Waals surface area contributed by atoms with Gasteiger partial charge in [-0.25, -0.2) is 4.98 Å². The predicted molar refractivity (Wildman–Crippen MR) is 66.1 cm³/mol. The minimum absolute atomic E-state index is 0.0688. The zero-order chi connectivity index (χ0) is 13.5. The van der Waals surface area contributed by atoms with Crippen molar-refractivity contribution in [2.24, 2.45) is 5.41 Å². The second kappa shape index (κ2) is 4.37. The Labute approximate surface area is 109 Å². The van der Waals surface area contributed by atoms with Gasteiger partial charge in [0.15, 0.2) is 0 Å². The van der Waals surface area contributed by atoms with Crippen LogP contribution in [-0.2, 0) is 0 Å². The first-order valence-electron chi connectivity index (χ1n) is 6.48. The van der Waals surface area contributed by atoms with Crippen molar-refractivity contribution in [2.75, 3.05) is 25.0 Å². The van der Waals surface area contributed by atoms with Gasteiger partial charge in [0.1, 0.15) is 5.82 Å². The van der Waals surface area contributed by atoms with Crippen LogP contribution in [0.4, 0.5) is 19.0 Å². The lowest BCUT2D eigenvalue weighted by atomic mass is 9.94. The molecular weight excluding hydrogens is 255 g/mol. The molecule has 2 aliphatic rings. The molecule has 0 aromatic carbocycles. The summed E-state index contributed by atoms with van der Waals surface area (Å²) in [5.41, 5.74) is -0.515. The third-order valence-electron chi connectivity index (χ3n) is 4.11. The van der Waals surface area contributed by atoms with Crippen LogP contribution in [0, 0.1) is 5.41 Å². The molecule has 0 unspecified atom stereocenters. The topological polar surface area (TPSA) is 37.0 Å². The van der Waals surface area contributed by atoms with Crippen molar-refractivity contribution in [3.63, 3.8) is 0 Å². The fourth-order valence-electron chi connectivity index (χ4n) is 2.37. The number of pyridine rings is 1. The maximum atomic E-state index is 12.9. The quantitative estimate of drug-likeness (QED) is 0.883. The highest BCUT2D eigenvalue weighted by atomic mass is 19.4. The molecule has 1 aromatic rings. The fourth-order valence-corrected chi connectivity index (χ4v) is 2.37. The first-order chi connectivity index (χ1) is 9.02. The van der Waals surface area contributed by atoms with E-state index in [2.05, 4.69) is 15.6 Å². The van der Waals surface area contributed by atoms with Crippen molar-refractivity contribution in [2.45, 2.75) is 24.9 Å². The van der Waals surface area contributed by atoms with Gasteiger partial charge in [-0.2, -0.15) is 13.2 Å². The Hall–Kier alpha value is -1.30. The number of alkyl halides is 3. The van der Waals surface area contributed by atoms with Crippen LogP contribution >= 0.6 is 0 Å². The molecule has 2 fully saturated rings.